The van der Waals surface area contributed by atoms with E-state index in [0.29, 0.717) is 52.4 Å². The van der Waals surface area contributed by atoms with E-state index < -0.39 is 17.7 Å². The lowest BCUT2D eigenvalue weighted by Crippen LogP contribution is -2.38. The third-order valence-electron chi connectivity index (χ3n) is 5.89. The summed E-state index contributed by atoms with van der Waals surface area (Å²) < 4.78 is 5.38. The first-order valence-electron chi connectivity index (χ1n) is 10.7. The Morgan fingerprint density at radius 3 is 2.33 bits per heavy atom. The fourth-order valence-corrected chi connectivity index (χ4v) is 4.62. The summed E-state index contributed by atoms with van der Waals surface area (Å²) in [6.45, 7) is 4.18. The first kappa shape index (κ1) is 24.0. The maximum absolute atomic E-state index is 13.1. The molecule has 1 N–H and O–H groups in total. The number of hydrogen-bond donors (Lipinski definition) is 1. The Morgan fingerprint density at radius 1 is 0.970 bits per heavy atom. The van der Waals surface area contributed by atoms with Crippen molar-refractivity contribution in [3.63, 3.8) is 0 Å². The van der Waals surface area contributed by atoms with Crippen molar-refractivity contribution in [1.29, 1.82) is 0 Å². The van der Waals surface area contributed by atoms with Crippen LogP contribution in [0.4, 0.5) is 0 Å². The van der Waals surface area contributed by atoms with Crippen LogP contribution in [0.5, 0.6) is 0 Å². The molecule has 2 aromatic carbocycles. The van der Waals surface area contributed by atoms with Gasteiger partial charge in [-0.3, -0.25) is 14.5 Å². The van der Waals surface area contributed by atoms with E-state index in [9.17, 15) is 14.7 Å². The van der Waals surface area contributed by atoms with Gasteiger partial charge in [0.2, 0.25) is 0 Å². The number of carbonyl (C=O) groups is 2. The minimum Gasteiger partial charge on any atom is -0.507 e. The van der Waals surface area contributed by atoms with E-state index >= 15 is 0 Å². The number of morpholine rings is 1. The highest BCUT2D eigenvalue weighted by Gasteiger charge is 2.46. The number of hydrogen-bond acceptors (Lipinski definition) is 5. The van der Waals surface area contributed by atoms with Crippen LogP contribution in [-0.4, -0.2) is 66.0 Å². The van der Waals surface area contributed by atoms with Gasteiger partial charge in [-0.25, -0.2) is 0 Å². The summed E-state index contributed by atoms with van der Waals surface area (Å²) in [5.41, 5.74) is 1.02. The number of Topliss-reactive ketones (excluding diaryl/α,β-unsaturated/α-hetero) is 1. The van der Waals surface area contributed by atoms with Crippen LogP contribution < -0.4 is 0 Å². The third kappa shape index (κ3) is 5.20. The molecule has 4 rings (SSSR count). The van der Waals surface area contributed by atoms with Crippen molar-refractivity contribution >= 4 is 52.3 Å². The Balaban J connectivity index is 1.69. The Labute approximate surface area is 207 Å². The van der Waals surface area contributed by atoms with Crippen molar-refractivity contribution in [1.82, 2.24) is 9.80 Å². The van der Waals surface area contributed by atoms with E-state index in [1.165, 1.54) is 4.90 Å². The van der Waals surface area contributed by atoms with Gasteiger partial charge >= 0.3 is 0 Å². The summed E-state index contributed by atoms with van der Waals surface area (Å²) in [6.07, 6.45) is 0.672. The predicted molar refractivity (Wildman–Crippen MR) is 129 cm³/mol. The standard InChI is InChI=1S/C24H23Cl3N2O4/c25-17-5-2-15(3-6-17)22(30)20-21(16-4-7-18(26)19(27)14-16)29(24(32)23(20)31)9-1-8-28-10-12-33-13-11-28/h2-7,14,21,30H,1,8-13H2/b22-20+. The smallest absolute Gasteiger partial charge is 0.295 e. The number of likely N-dealkylation sites (tertiary alicyclic amines) is 1. The van der Waals surface area contributed by atoms with Gasteiger partial charge in [-0.05, 0) is 48.4 Å². The maximum Gasteiger partial charge on any atom is 0.295 e. The van der Waals surface area contributed by atoms with Crippen LogP contribution in [-0.2, 0) is 14.3 Å². The molecule has 0 aliphatic carbocycles. The molecule has 6 nitrogen and oxygen atoms in total. The lowest BCUT2D eigenvalue weighted by molar-refractivity contribution is -0.140. The molecule has 0 saturated carbocycles. The summed E-state index contributed by atoms with van der Waals surface area (Å²) in [6, 6.07) is 10.6. The first-order valence-corrected chi connectivity index (χ1v) is 11.8. The second-order valence-electron chi connectivity index (χ2n) is 7.98. The van der Waals surface area contributed by atoms with Crippen molar-refractivity contribution in [2.45, 2.75) is 12.5 Å². The summed E-state index contributed by atoms with van der Waals surface area (Å²) in [7, 11) is 0. The van der Waals surface area contributed by atoms with Gasteiger partial charge in [0.15, 0.2) is 0 Å². The normalized spacial score (nSPS) is 21.1. The monoisotopic (exact) mass is 508 g/mol. The molecule has 0 spiro atoms. The largest absolute Gasteiger partial charge is 0.507 e. The van der Waals surface area contributed by atoms with Gasteiger partial charge in [-0.15, -0.1) is 0 Å². The quantitative estimate of drug-likeness (QED) is 0.344. The fraction of sp³-hybridized carbons (Fsp3) is 0.333. The van der Waals surface area contributed by atoms with Crippen LogP contribution >= 0.6 is 34.8 Å². The molecule has 2 aliphatic heterocycles. The second kappa shape index (κ2) is 10.5. The van der Waals surface area contributed by atoms with Gasteiger partial charge in [0.05, 0.1) is 34.9 Å². The molecule has 2 heterocycles. The van der Waals surface area contributed by atoms with Crippen LogP contribution in [0.15, 0.2) is 48.0 Å². The van der Waals surface area contributed by atoms with Gasteiger partial charge in [0.1, 0.15) is 5.76 Å². The number of rotatable bonds is 6. The summed E-state index contributed by atoms with van der Waals surface area (Å²) >= 11 is 18.3. The van der Waals surface area contributed by atoms with E-state index in [2.05, 4.69) is 4.90 Å². The van der Waals surface area contributed by atoms with Gasteiger partial charge in [0, 0.05) is 36.8 Å². The lowest BCUT2D eigenvalue weighted by atomic mass is 9.95. The molecule has 0 bridgehead atoms. The number of ether oxygens (including phenoxy) is 1. The van der Waals surface area contributed by atoms with E-state index in [4.69, 9.17) is 39.5 Å². The fourth-order valence-electron chi connectivity index (χ4n) is 4.19. The van der Waals surface area contributed by atoms with E-state index in [-0.39, 0.29) is 11.3 Å². The summed E-state index contributed by atoms with van der Waals surface area (Å²) in [5.74, 6) is -1.63. The number of carbonyl (C=O) groups excluding carboxylic acids is 2. The van der Waals surface area contributed by atoms with E-state index in [0.717, 1.165) is 19.6 Å². The molecule has 0 aromatic heterocycles. The molecule has 2 aliphatic rings. The average molecular weight is 510 g/mol. The van der Waals surface area contributed by atoms with E-state index in [1.807, 2.05) is 0 Å². The molecule has 174 valence electrons. The molecule has 9 heteroatoms. The highest BCUT2D eigenvalue weighted by Crippen LogP contribution is 2.41. The topological polar surface area (TPSA) is 70.1 Å². The van der Waals surface area contributed by atoms with Crippen molar-refractivity contribution in [3.8, 4) is 0 Å². The Morgan fingerprint density at radius 2 is 1.67 bits per heavy atom. The number of aliphatic hydroxyl groups is 1. The number of nitrogens with zero attached hydrogens (tertiary/aromatic N) is 2. The minimum absolute atomic E-state index is 0.0204. The molecule has 2 fully saturated rings. The van der Waals surface area contributed by atoms with Crippen molar-refractivity contribution in [2.24, 2.45) is 0 Å². The van der Waals surface area contributed by atoms with Crippen molar-refractivity contribution < 1.29 is 19.4 Å². The number of halogens is 3. The zero-order chi connectivity index (χ0) is 23.5. The average Bonchev–Trinajstić information content (AvgIpc) is 3.06. The van der Waals surface area contributed by atoms with Gasteiger partial charge in [0.25, 0.3) is 11.7 Å². The number of ketones is 1. The molecule has 2 aromatic rings. The molecule has 1 unspecified atom stereocenters. The van der Waals surface area contributed by atoms with Gasteiger partial charge < -0.3 is 14.7 Å². The molecular formula is C24H23Cl3N2O4. The highest BCUT2D eigenvalue weighted by molar-refractivity contribution is 6.47. The number of amides is 1. The van der Waals surface area contributed by atoms with Crippen molar-refractivity contribution in [3.05, 3.63) is 74.2 Å². The second-order valence-corrected chi connectivity index (χ2v) is 9.23. The Bertz CT molecular complexity index is 1080. The van der Waals surface area contributed by atoms with Crippen LogP contribution in [0.1, 0.15) is 23.6 Å². The van der Waals surface area contributed by atoms with Crippen LogP contribution in [0.2, 0.25) is 15.1 Å². The zero-order valence-electron chi connectivity index (χ0n) is 17.8. The first-order chi connectivity index (χ1) is 15.9. The van der Waals surface area contributed by atoms with E-state index in [1.54, 1.807) is 42.5 Å². The van der Waals surface area contributed by atoms with Crippen LogP contribution in [0, 0.1) is 0 Å². The Kier molecular flexibility index (Phi) is 7.62. The number of benzene rings is 2. The minimum atomic E-state index is -0.778. The molecule has 33 heavy (non-hydrogen) atoms. The lowest BCUT2D eigenvalue weighted by Gasteiger charge is -2.29. The third-order valence-corrected chi connectivity index (χ3v) is 6.89. The molecule has 1 atom stereocenters. The summed E-state index contributed by atoms with van der Waals surface area (Å²) in [5, 5.41) is 12.2. The predicted octanol–water partition coefficient (Wildman–Crippen LogP) is 4.79. The zero-order valence-corrected chi connectivity index (χ0v) is 20.0. The maximum atomic E-state index is 13.1. The number of aliphatic hydroxyl groups excluding tert-OH is 1. The SMILES string of the molecule is O=C1C(=O)N(CCCN2CCOCC2)C(c2ccc(Cl)c(Cl)c2)/C1=C(\O)c1ccc(Cl)cc1. The summed E-state index contributed by atoms with van der Waals surface area (Å²) in [4.78, 5) is 29.9. The van der Waals surface area contributed by atoms with Gasteiger partial charge in [-0.1, -0.05) is 40.9 Å². The van der Waals surface area contributed by atoms with Crippen LogP contribution in [0.3, 0.4) is 0 Å². The molecule has 2 saturated heterocycles. The molecule has 0 radical (unpaired) electrons. The molecular weight excluding hydrogens is 487 g/mol. The Hall–Kier alpha value is -2.09. The van der Waals surface area contributed by atoms with Crippen LogP contribution in [0.25, 0.3) is 5.76 Å². The highest BCUT2D eigenvalue weighted by atomic mass is 35.5. The molecule has 1 amide bonds. The van der Waals surface area contributed by atoms with Gasteiger partial charge in [-0.2, -0.15) is 0 Å². The van der Waals surface area contributed by atoms with Crippen molar-refractivity contribution in [2.75, 3.05) is 39.4 Å².